The molecule has 0 saturated carbocycles. The number of hydrogen-bond donors (Lipinski definition) is 1. The number of nitrogens with one attached hydrogen (secondary N) is 1. The van der Waals surface area contributed by atoms with Crippen LogP contribution in [0.25, 0.3) is 0 Å². The van der Waals surface area contributed by atoms with Gasteiger partial charge in [-0.3, -0.25) is 4.79 Å². The van der Waals surface area contributed by atoms with Crippen molar-refractivity contribution in [1.29, 1.82) is 0 Å². The number of halogens is 1. The zero-order valence-electron chi connectivity index (χ0n) is 12.2. The zero-order chi connectivity index (χ0) is 16.3. The van der Waals surface area contributed by atoms with Crippen molar-refractivity contribution in [3.8, 4) is 0 Å². The fourth-order valence-corrected chi connectivity index (χ4v) is 2.86. The maximum atomic E-state index is 12.2. The van der Waals surface area contributed by atoms with Crippen LogP contribution in [0.5, 0.6) is 0 Å². The molecule has 0 aliphatic heterocycles. The second-order valence-electron chi connectivity index (χ2n) is 5.02. The van der Waals surface area contributed by atoms with Crippen molar-refractivity contribution in [1.82, 2.24) is 5.32 Å². The molecule has 2 aromatic carbocycles. The molecule has 0 saturated heterocycles. The molecule has 6 heteroatoms. The molecule has 2 aromatic rings. The van der Waals surface area contributed by atoms with Gasteiger partial charge in [-0.05, 0) is 36.8 Å². The Morgan fingerprint density at radius 3 is 2.23 bits per heavy atom. The van der Waals surface area contributed by atoms with E-state index in [1.54, 1.807) is 36.4 Å². The molecule has 4 nitrogen and oxygen atoms in total. The summed E-state index contributed by atoms with van der Waals surface area (Å²) in [4.78, 5) is 12.4. The van der Waals surface area contributed by atoms with E-state index in [0.29, 0.717) is 10.6 Å². The average molecular weight is 338 g/mol. The Hall–Kier alpha value is -1.85. The topological polar surface area (TPSA) is 63.2 Å². The largest absolute Gasteiger partial charge is 0.345 e. The highest BCUT2D eigenvalue weighted by Gasteiger charge is 2.14. The van der Waals surface area contributed by atoms with Crippen LogP contribution in [-0.2, 0) is 9.84 Å². The molecule has 116 valence electrons. The second kappa shape index (κ2) is 6.50. The number of sulfone groups is 1. The van der Waals surface area contributed by atoms with Gasteiger partial charge < -0.3 is 5.32 Å². The molecule has 0 heterocycles. The van der Waals surface area contributed by atoms with Crippen molar-refractivity contribution in [2.45, 2.75) is 17.9 Å². The third-order valence-electron chi connectivity index (χ3n) is 3.27. The minimum absolute atomic E-state index is 0.251. The number of carbonyl (C=O) groups is 1. The Balaban J connectivity index is 2.14. The fourth-order valence-electron chi connectivity index (χ4n) is 2.01. The number of rotatable bonds is 4. The van der Waals surface area contributed by atoms with E-state index in [1.165, 1.54) is 12.1 Å². The van der Waals surface area contributed by atoms with E-state index < -0.39 is 9.84 Å². The number of hydrogen-bond acceptors (Lipinski definition) is 3. The first-order chi connectivity index (χ1) is 10.3. The van der Waals surface area contributed by atoms with Crippen LogP contribution in [0.1, 0.15) is 28.9 Å². The summed E-state index contributed by atoms with van der Waals surface area (Å²) in [7, 11) is -3.22. The van der Waals surface area contributed by atoms with Gasteiger partial charge in [0, 0.05) is 6.26 Å². The van der Waals surface area contributed by atoms with Gasteiger partial charge in [0.1, 0.15) is 0 Å². The predicted molar refractivity (Wildman–Crippen MR) is 86.9 cm³/mol. The quantitative estimate of drug-likeness (QED) is 0.931. The predicted octanol–water partition coefficient (Wildman–Crippen LogP) is 3.23. The maximum Gasteiger partial charge on any atom is 0.253 e. The standard InChI is InChI=1S/C16H16ClNO3S/c1-11(12-7-9-13(10-8-12)22(2,20)21)18-16(19)14-5-3-4-6-15(14)17/h3-11H,1-2H3,(H,18,19). The van der Waals surface area contributed by atoms with Crippen LogP contribution < -0.4 is 5.32 Å². The summed E-state index contributed by atoms with van der Waals surface area (Å²) in [6, 6.07) is 13.0. The van der Waals surface area contributed by atoms with Crippen LogP contribution in [0.3, 0.4) is 0 Å². The van der Waals surface area contributed by atoms with Gasteiger partial charge in [0.05, 0.1) is 21.5 Å². The lowest BCUT2D eigenvalue weighted by Gasteiger charge is -2.15. The first-order valence-electron chi connectivity index (χ1n) is 6.64. The first kappa shape index (κ1) is 16.5. The van der Waals surface area contributed by atoms with Crippen LogP contribution in [0.2, 0.25) is 5.02 Å². The van der Waals surface area contributed by atoms with E-state index in [0.717, 1.165) is 11.8 Å². The molecule has 1 unspecified atom stereocenters. The highest BCUT2D eigenvalue weighted by molar-refractivity contribution is 7.90. The summed E-state index contributed by atoms with van der Waals surface area (Å²) >= 11 is 5.99. The number of benzene rings is 2. The molecule has 22 heavy (non-hydrogen) atoms. The lowest BCUT2D eigenvalue weighted by Crippen LogP contribution is -2.26. The van der Waals surface area contributed by atoms with E-state index in [2.05, 4.69) is 5.32 Å². The van der Waals surface area contributed by atoms with Gasteiger partial charge in [0.2, 0.25) is 0 Å². The molecule has 0 spiro atoms. The third-order valence-corrected chi connectivity index (χ3v) is 4.73. The summed E-state index contributed by atoms with van der Waals surface area (Å²) in [6.07, 6.45) is 1.16. The number of carbonyl (C=O) groups excluding carboxylic acids is 1. The second-order valence-corrected chi connectivity index (χ2v) is 7.44. The molecular weight excluding hydrogens is 322 g/mol. The first-order valence-corrected chi connectivity index (χ1v) is 8.91. The minimum Gasteiger partial charge on any atom is -0.345 e. The lowest BCUT2D eigenvalue weighted by atomic mass is 10.1. The Bertz CT molecular complexity index is 785. The lowest BCUT2D eigenvalue weighted by molar-refractivity contribution is 0.0940. The summed E-state index contributed by atoms with van der Waals surface area (Å²) < 4.78 is 22.9. The van der Waals surface area contributed by atoms with Gasteiger partial charge in [0.25, 0.3) is 5.91 Å². The molecule has 0 aliphatic carbocycles. The summed E-state index contributed by atoms with van der Waals surface area (Å²) in [5, 5.41) is 3.23. The van der Waals surface area contributed by atoms with Crippen LogP contribution in [0.15, 0.2) is 53.4 Å². The van der Waals surface area contributed by atoms with Gasteiger partial charge >= 0.3 is 0 Å². The van der Waals surface area contributed by atoms with E-state index >= 15 is 0 Å². The van der Waals surface area contributed by atoms with E-state index in [-0.39, 0.29) is 16.8 Å². The normalized spacial score (nSPS) is 12.7. The summed E-state index contributed by atoms with van der Waals surface area (Å²) in [5.74, 6) is -0.273. The van der Waals surface area contributed by atoms with Crippen LogP contribution in [-0.4, -0.2) is 20.6 Å². The Morgan fingerprint density at radius 1 is 1.09 bits per heavy atom. The minimum atomic E-state index is -3.22. The van der Waals surface area contributed by atoms with Gasteiger partial charge in [-0.2, -0.15) is 0 Å². The Kier molecular flexibility index (Phi) is 4.88. The fraction of sp³-hybridized carbons (Fsp3) is 0.188. The highest BCUT2D eigenvalue weighted by Crippen LogP contribution is 2.19. The van der Waals surface area contributed by atoms with Crippen LogP contribution in [0.4, 0.5) is 0 Å². The van der Waals surface area contributed by atoms with Gasteiger partial charge in [-0.15, -0.1) is 0 Å². The van der Waals surface area contributed by atoms with Crippen LogP contribution >= 0.6 is 11.6 Å². The molecule has 2 rings (SSSR count). The Morgan fingerprint density at radius 2 is 1.68 bits per heavy atom. The van der Waals surface area contributed by atoms with Crippen molar-refractivity contribution in [2.24, 2.45) is 0 Å². The molecule has 0 radical (unpaired) electrons. The van der Waals surface area contributed by atoms with E-state index in [9.17, 15) is 13.2 Å². The third kappa shape index (κ3) is 3.87. The van der Waals surface area contributed by atoms with Gasteiger partial charge in [0.15, 0.2) is 9.84 Å². The molecule has 1 N–H and O–H groups in total. The Labute approximate surface area is 135 Å². The molecule has 0 bridgehead atoms. The van der Waals surface area contributed by atoms with Crippen molar-refractivity contribution >= 4 is 27.3 Å². The molecular formula is C16H16ClNO3S. The van der Waals surface area contributed by atoms with Crippen molar-refractivity contribution in [2.75, 3.05) is 6.26 Å². The smallest absolute Gasteiger partial charge is 0.253 e. The SMILES string of the molecule is CC(NC(=O)c1ccccc1Cl)c1ccc(S(C)(=O)=O)cc1. The highest BCUT2D eigenvalue weighted by atomic mass is 35.5. The molecule has 0 aliphatic rings. The molecule has 0 fully saturated rings. The van der Waals surface area contributed by atoms with Crippen molar-refractivity contribution in [3.05, 3.63) is 64.7 Å². The maximum absolute atomic E-state index is 12.2. The van der Waals surface area contributed by atoms with Gasteiger partial charge in [-0.1, -0.05) is 35.9 Å². The van der Waals surface area contributed by atoms with E-state index in [1.807, 2.05) is 6.92 Å². The van der Waals surface area contributed by atoms with Gasteiger partial charge in [-0.25, -0.2) is 8.42 Å². The zero-order valence-corrected chi connectivity index (χ0v) is 13.8. The average Bonchev–Trinajstić information content (AvgIpc) is 2.46. The monoisotopic (exact) mass is 337 g/mol. The van der Waals surface area contributed by atoms with Crippen LogP contribution in [0, 0.1) is 0 Å². The van der Waals surface area contributed by atoms with E-state index in [4.69, 9.17) is 11.6 Å². The van der Waals surface area contributed by atoms with Crippen molar-refractivity contribution in [3.63, 3.8) is 0 Å². The molecule has 0 aromatic heterocycles. The number of amides is 1. The molecule has 1 amide bonds. The summed E-state index contributed by atoms with van der Waals surface area (Å²) in [5.41, 5.74) is 1.22. The molecule has 1 atom stereocenters. The van der Waals surface area contributed by atoms with Crippen molar-refractivity contribution < 1.29 is 13.2 Å². The summed E-state index contributed by atoms with van der Waals surface area (Å²) in [6.45, 7) is 1.82.